The molecule has 7 nitrogen and oxygen atoms in total. The van der Waals surface area contributed by atoms with Crippen molar-refractivity contribution in [2.24, 2.45) is 0 Å². The number of nitrogens with one attached hydrogen (secondary N) is 1. The second-order valence-electron chi connectivity index (χ2n) is 7.01. The highest BCUT2D eigenvalue weighted by atomic mass is 16.6. The van der Waals surface area contributed by atoms with Gasteiger partial charge in [-0.1, -0.05) is 60.7 Å². The van der Waals surface area contributed by atoms with Crippen molar-refractivity contribution in [3.63, 3.8) is 0 Å². The van der Waals surface area contributed by atoms with Crippen molar-refractivity contribution in [3.05, 3.63) is 125 Å². The Balaban J connectivity index is 1.66. The number of carbonyl (C=O) groups excluding carboxylic acids is 1. The summed E-state index contributed by atoms with van der Waals surface area (Å²) in [5.41, 5.74) is 1.69. The lowest BCUT2D eigenvalue weighted by atomic mass is 9.90. The van der Waals surface area contributed by atoms with Crippen LogP contribution in [0.1, 0.15) is 17.0 Å². The molecular weight excluding hydrogens is 406 g/mol. The molecule has 158 valence electrons. The first-order chi connectivity index (χ1) is 15.6. The van der Waals surface area contributed by atoms with Crippen LogP contribution in [0, 0.1) is 10.1 Å². The van der Waals surface area contributed by atoms with Crippen molar-refractivity contribution in [2.75, 3.05) is 5.32 Å². The Morgan fingerprint density at radius 2 is 1.53 bits per heavy atom. The summed E-state index contributed by atoms with van der Waals surface area (Å²) >= 11 is 0. The van der Waals surface area contributed by atoms with Gasteiger partial charge in [-0.05, 0) is 23.3 Å². The van der Waals surface area contributed by atoms with E-state index in [9.17, 15) is 14.9 Å². The third-order valence-electron chi connectivity index (χ3n) is 4.77. The maximum atomic E-state index is 13.3. The molecule has 0 saturated carbocycles. The van der Waals surface area contributed by atoms with Gasteiger partial charge >= 0.3 is 0 Å². The van der Waals surface area contributed by atoms with Gasteiger partial charge in [0.25, 0.3) is 5.69 Å². The van der Waals surface area contributed by atoms with E-state index in [1.807, 2.05) is 60.7 Å². The number of nitro groups is 1. The van der Waals surface area contributed by atoms with E-state index >= 15 is 0 Å². The van der Waals surface area contributed by atoms with E-state index in [2.05, 4.69) is 10.3 Å². The molecule has 4 rings (SSSR count). The average Bonchev–Trinajstić information content (AvgIpc) is 2.81. The Bertz CT molecular complexity index is 1180. The highest BCUT2D eigenvalue weighted by Crippen LogP contribution is 2.31. The number of non-ortho nitro benzene ring substituents is 1. The molecule has 7 heteroatoms. The predicted octanol–water partition coefficient (Wildman–Crippen LogP) is 5.55. The summed E-state index contributed by atoms with van der Waals surface area (Å²) in [6.07, 6.45) is 3.09. The third kappa shape index (κ3) is 4.96. The highest BCUT2D eigenvalue weighted by molar-refractivity contribution is 5.98. The zero-order valence-corrected chi connectivity index (χ0v) is 16.9. The summed E-state index contributed by atoms with van der Waals surface area (Å²) in [6.45, 7) is 0. The molecule has 0 unspecified atom stereocenters. The van der Waals surface area contributed by atoms with E-state index in [1.165, 1.54) is 18.3 Å². The van der Waals surface area contributed by atoms with Crippen LogP contribution in [-0.2, 0) is 4.79 Å². The summed E-state index contributed by atoms with van der Waals surface area (Å²) in [5.74, 6) is -0.246. The Hall–Kier alpha value is -4.52. The van der Waals surface area contributed by atoms with Crippen LogP contribution in [0.4, 0.5) is 11.4 Å². The highest BCUT2D eigenvalue weighted by Gasteiger charge is 2.23. The average molecular weight is 425 g/mol. The van der Waals surface area contributed by atoms with Crippen LogP contribution in [0.25, 0.3) is 0 Å². The van der Waals surface area contributed by atoms with Gasteiger partial charge in [-0.2, -0.15) is 0 Å². The molecule has 0 fully saturated rings. The van der Waals surface area contributed by atoms with Gasteiger partial charge in [0.15, 0.2) is 0 Å². The number of anilines is 1. The van der Waals surface area contributed by atoms with Crippen LogP contribution in [0.15, 0.2) is 103 Å². The Labute approximate surface area is 184 Å². The smallest absolute Gasteiger partial charge is 0.275 e. The molecule has 1 aromatic heterocycles. The molecule has 0 spiro atoms. The zero-order valence-electron chi connectivity index (χ0n) is 16.9. The van der Waals surface area contributed by atoms with Crippen molar-refractivity contribution < 1.29 is 14.5 Å². The van der Waals surface area contributed by atoms with E-state index in [-0.39, 0.29) is 23.0 Å². The molecule has 3 aromatic carbocycles. The molecule has 0 aliphatic rings. The second kappa shape index (κ2) is 9.53. The summed E-state index contributed by atoms with van der Waals surface area (Å²) in [6, 6.07) is 26.3. The number of ether oxygens (including phenoxy) is 1. The van der Waals surface area contributed by atoms with Gasteiger partial charge in [-0.15, -0.1) is 0 Å². The lowest BCUT2D eigenvalue weighted by Gasteiger charge is -2.18. The van der Waals surface area contributed by atoms with Gasteiger partial charge in [0, 0.05) is 18.3 Å². The first kappa shape index (κ1) is 20.7. The topological polar surface area (TPSA) is 94.4 Å². The van der Waals surface area contributed by atoms with Crippen LogP contribution < -0.4 is 10.1 Å². The third-order valence-corrected chi connectivity index (χ3v) is 4.77. The normalized spacial score (nSPS) is 10.5. The molecule has 0 aliphatic heterocycles. The number of benzene rings is 3. The van der Waals surface area contributed by atoms with Crippen LogP contribution in [0.3, 0.4) is 0 Å². The Morgan fingerprint density at radius 1 is 0.875 bits per heavy atom. The molecule has 0 saturated heterocycles. The SMILES string of the molecule is O=C(Nc1cc(Oc2cccnc2)cc([N+](=O)[O-])c1)C(c1ccccc1)c1ccccc1. The molecule has 0 radical (unpaired) electrons. The van der Waals surface area contributed by atoms with Gasteiger partial charge in [0.05, 0.1) is 28.8 Å². The molecule has 0 bridgehead atoms. The fourth-order valence-corrected chi connectivity index (χ4v) is 3.36. The van der Waals surface area contributed by atoms with E-state index in [0.717, 1.165) is 11.1 Å². The lowest BCUT2D eigenvalue weighted by Crippen LogP contribution is -2.22. The molecule has 1 heterocycles. The van der Waals surface area contributed by atoms with E-state index in [0.29, 0.717) is 5.75 Å². The quantitative estimate of drug-likeness (QED) is 0.309. The van der Waals surface area contributed by atoms with Crippen molar-refractivity contribution in [1.29, 1.82) is 0 Å². The van der Waals surface area contributed by atoms with Gasteiger partial charge in [-0.25, -0.2) is 0 Å². The number of hydrogen-bond donors (Lipinski definition) is 1. The van der Waals surface area contributed by atoms with Crippen LogP contribution in [0.2, 0.25) is 0 Å². The number of nitrogens with zero attached hydrogens (tertiary/aromatic N) is 2. The second-order valence-corrected chi connectivity index (χ2v) is 7.01. The number of pyridine rings is 1. The molecule has 1 amide bonds. The Kier molecular flexibility index (Phi) is 6.17. The van der Waals surface area contributed by atoms with E-state index in [4.69, 9.17) is 4.74 Å². The first-order valence-corrected chi connectivity index (χ1v) is 9.88. The maximum absolute atomic E-state index is 13.3. The number of rotatable bonds is 7. The zero-order chi connectivity index (χ0) is 22.3. The molecular formula is C25H19N3O4. The first-order valence-electron chi connectivity index (χ1n) is 9.88. The van der Waals surface area contributed by atoms with Crippen molar-refractivity contribution in [2.45, 2.75) is 5.92 Å². The molecule has 0 aliphatic carbocycles. The standard InChI is InChI=1S/C25H19N3O4/c29-25(24(18-8-3-1-4-9-18)19-10-5-2-6-11-19)27-20-14-21(28(30)31)16-23(15-20)32-22-12-7-13-26-17-22/h1-17,24H,(H,27,29). The minimum absolute atomic E-state index is 0.197. The number of nitro benzene ring substituents is 1. The number of hydrogen-bond acceptors (Lipinski definition) is 5. The summed E-state index contributed by atoms with van der Waals surface area (Å²) in [5, 5.41) is 14.3. The van der Waals surface area contributed by atoms with E-state index < -0.39 is 10.8 Å². The fraction of sp³-hybridized carbons (Fsp3) is 0.0400. The van der Waals surface area contributed by atoms with E-state index in [1.54, 1.807) is 24.4 Å². The minimum atomic E-state index is -0.584. The molecule has 32 heavy (non-hydrogen) atoms. The summed E-state index contributed by atoms with van der Waals surface area (Å²) < 4.78 is 5.70. The summed E-state index contributed by atoms with van der Waals surface area (Å²) in [4.78, 5) is 28.2. The largest absolute Gasteiger partial charge is 0.455 e. The van der Waals surface area contributed by atoms with Crippen molar-refractivity contribution in [3.8, 4) is 11.5 Å². The van der Waals surface area contributed by atoms with Gasteiger partial charge in [0.2, 0.25) is 5.91 Å². The number of amides is 1. The predicted molar refractivity (Wildman–Crippen MR) is 121 cm³/mol. The molecule has 4 aromatic rings. The van der Waals surface area contributed by atoms with Crippen molar-refractivity contribution >= 4 is 17.3 Å². The van der Waals surface area contributed by atoms with Crippen LogP contribution in [0.5, 0.6) is 11.5 Å². The van der Waals surface area contributed by atoms with Crippen molar-refractivity contribution in [1.82, 2.24) is 4.98 Å². The van der Waals surface area contributed by atoms with Crippen LogP contribution in [-0.4, -0.2) is 15.8 Å². The Morgan fingerprint density at radius 3 is 2.09 bits per heavy atom. The maximum Gasteiger partial charge on any atom is 0.275 e. The number of carbonyl (C=O) groups is 1. The minimum Gasteiger partial charge on any atom is -0.455 e. The van der Waals surface area contributed by atoms with Gasteiger partial charge in [-0.3, -0.25) is 19.9 Å². The number of aromatic nitrogens is 1. The fourth-order valence-electron chi connectivity index (χ4n) is 3.36. The summed E-state index contributed by atoms with van der Waals surface area (Å²) in [7, 11) is 0. The van der Waals surface area contributed by atoms with Gasteiger partial charge < -0.3 is 10.1 Å². The molecule has 0 atom stereocenters. The monoisotopic (exact) mass is 425 g/mol. The van der Waals surface area contributed by atoms with Gasteiger partial charge in [0.1, 0.15) is 11.5 Å². The van der Waals surface area contributed by atoms with Crippen LogP contribution >= 0.6 is 0 Å². The lowest BCUT2D eigenvalue weighted by molar-refractivity contribution is -0.384. The molecule has 1 N–H and O–H groups in total.